The smallest absolute Gasteiger partial charge is 0.137 e. The summed E-state index contributed by atoms with van der Waals surface area (Å²) in [4.78, 5) is 0.817. The van der Waals surface area contributed by atoms with Crippen LogP contribution in [0.3, 0.4) is 0 Å². The molecule has 21 heavy (non-hydrogen) atoms. The summed E-state index contributed by atoms with van der Waals surface area (Å²) in [6.45, 7) is 4.27. The molecule has 1 N–H and O–H groups in total. The van der Waals surface area contributed by atoms with Crippen molar-refractivity contribution in [3.63, 3.8) is 0 Å². The van der Waals surface area contributed by atoms with Gasteiger partial charge in [-0.25, -0.2) is 4.39 Å². The SMILES string of the molecule is Cc1ccc([C@H](C)NC2CCSc3c(F)cccc32)cc1. The highest BCUT2D eigenvalue weighted by Gasteiger charge is 2.24. The van der Waals surface area contributed by atoms with Crippen LogP contribution in [0.1, 0.15) is 42.1 Å². The molecule has 0 aromatic heterocycles. The largest absolute Gasteiger partial charge is 0.303 e. The second-order valence-corrected chi connectivity index (χ2v) is 6.75. The minimum absolute atomic E-state index is 0.0908. The summed E-state index contributed by atoms with van der Waals surface area (Å²) in [5.41, 5.74) is 3.65. The minimum atomic E-state index is -0.0908. The predicted octanol–water partition coefficient (Wildman–Crippen LogP) is 5.02. The van der Waals surface area contributed by atoms with E-state index in [9.17, 15) is 4.39 Å². The average Bonchev–Trinajstić information content (AvgIpc) is 2.49. The van der Waals surface area contributed by atoms with Gasteiger partial charge in [-0.3, -0.25) is 0 Å². The molecule has 2 aromatic carbocycles. The van der Waals surface area contributed by atoms with E-state index in [0.29, 0.717) is 0 Å². The molecule has 1 nitrogen and oxygen atoms in total. The maximum Gasteiger partial charge on any atom is 0.137 e. The molecule has 1 heterocycles. The van der Waals surface area contributed by atoms with Gasteiger partial charge in [-0.1, -0.05) is 42.0 Å². The number of fused-ring (bicyclic) bond motifs is 1. The monoisotopic (exact) mass is 301 g/mol. The molecule has 0 radical (unpaired) electrons. The third kappa shape index (κ3) is 3.14. The van der Waals surface area contributed by atoms with Crippen LogP contribution in [-0.2, 0) is 0 Å². The molecule has 1 aliphatic heterocycles. The zero-order valence-corrected chi connectivity index (χ0v) is 13.2. The van der Waals surface area contributed by atoms with E-state index >= 15 is 0 Å². The zero-order chi connectivity index (χ0) is 14.8. The maximum atomic E-state index is 13.9. The fourth-order valence-corrected chi connectivity index (χ4v) is 3.95. The number of hydrogen-bond donors (Lipinski definition) is 1. The molecule has 3 heteroatoms. The van der Waals surface area contributed by atoms with E-state index in [0.717, 1.165) is 22.6 Å². The van der Waals surface area contributed by atoms with Gasteiger partial charge in [0.1, 0.15) is 5.82 Å². The molecule has 0 bridgehead atoms. The van der Waals surface area contributed by atoms with E-state index in [-0.39, 0.29) is 17.9 Å². The van der Waals surface area contributed by atoms with Crippen molar-refractivity contribution in [1.29, 1.82) is 0 Å². The minimum Gasteiger partial charge on any atom is -0.303 e. The summed E-state index contributed by atoms with van der Waals surface area (Å²) in [7, 11) is 0. The number of nitrogens with one attached hydrogen (secondary N) is 1. The van der Waals surface area contributed by atoms with E-state index in [1.54, 1.807) is 17.8 Å². The Labute approximate surface area is 130 Å². The highest BCUT2D eigenvalue weighted by Crippen LogP contribution is 2.38. The van der Waals surface area contributed by atoms with Crippen molar-refractivity contribution < 1.29 is 4.39 Å². The second kappa shape index (κ2) is 6.20. The Morgan fingerprint density at radius 3 is 2.71 bits per heavy atom. The fourth-order valence-electron chi connectivity index (χ4n) is 2.81. The molecule has 1 aliphatic rings. The molecule has 0 spiro atoms. The van der Waals surface area contributed by atoms with Gasteiger partial charge in [0.25, 0.3) is 0 Å². The molecular formula is C18H20FNS. The standard InChI is InChI=1S/C18H20FNS/c1-12-6-8-14(9-7-12)13(2)20-17-10-11-21-18-15(17)4-3-5-16(18)19/h3-9,13,17,20H,10-11H2,1-2H3/t13-,17?/m0/s1. The fraction of sp³-hybridized carbons (Fsp3) is 0.333. The van der Waals surface area contributed by atoms with Gasteiger partial charge in [0, 0.05) is 17.0 Å². The van der Waals surface area contributed by atoms with E-state index in [1.165, 1.54) is 11.1 Å². The number of thioether (sulfide) groups is 1. The van der Waals surface area contributed by atoms with Gasteiger partial charge in [0.05, 0.1) is 0 Å². The Kier molecular flexibility index (Phi) is 4.32. The Morgan fingerprint density at radius 2 is 1.95 bits per heavy atom. The Hall–Kier alpha value is -1.32. The predicted molar refractivity (Wildman–Crippen MR) is 87.2 cm³/mol. The molecule has 2 aromatic rings. The topological polar surface area (TPSA) is 12.0 Å². The summed E-state index contributed by atoms with van der Waals surface area (Å²) < 4.78 is 13.9. The van der Waals surface area contributed by atoms with Crippen molar-refractivity contribution in [1.82, 2.24) is 5.32 Å². The van der Waals surface area contributed by atoms with Crippen LogP contribution in [0.15, 0.2) is 47.4 Å². The molecule has 0 saturated heterocycles. The number of aryl methyl sites for hydroxylation is 1. The van der Waals surface area contributed by atoms with Crippen molar-refractivity contribution in [2.75, 3.05) is 5.75 Å². The summed E-state index contributed by atoms with van der Waals surface area (Å²) in [6, 6.07) is 14.5. The lowest BCUT2D eigenvalue weighted by atomic mass is 10.00. The molecule has 1 unspecified atom stereocenters. The van der Waals surface area contributed by atoms with Gasteiger partial charge < -0.3 is 5.32 Å². The molecular weight excluding hydrogens is 281 g/mol. The second-order valence-electron chi connectivity index (χ2n) is 5.65. The van der Waals surface area contributed by atoms with E-state index in [4.69, 9.17) is 0 Å². The van der Waals surface area contributed by atoms with Crippen molar-refractivity contribution in [2.45, 2.75) is 37.2 Å². The molecule has 3 rings (SSSR count). The first kappa shape index (κ1) is 14.6. The van der Waals surface area contributed by atoms with Gasteiger partial charge >= 0.3 is 0 Å². The van der Waals surface area contributed by atoms with Crippen molar-refractivity contribution in [3.8, 4) is 0 Å². The lowest BCUT2D eigenvalue weighted by Crippen LogP contribution is -2.27. The summed E-state index contributed by atoms with van der Waals surface area (Å²) >= 11 is 1.63. The Morgan fingerprint density at radius 1 is 1.19 bits per heavy atom. The first-order valence-corrected chi connectivity index (χ1v) is 8.37. The molecule has 0 fully saturated rings. The Balaban J connectivity index is 1.80. The van der Waals surface area contributed by atoms with Crippen LogP contribution >= 0.6 is 11.8 Å². The van der Waals surface area contributed by atoms with Crippen LogP contribution < -0.4 is 5.32 Å². The van der Waals surface area contributed by atoms with Gasteiger partial charge in [-0.05, 0) is 43.2 Å². The zero-order valence-electron chi connectivity index (χ0n) is 12.4. The molecule has 0 saturated carbocycles. The highest BCUT2D eigenvalue weighted by atomic mass is 32.2. The van der Waals surface area contributed by atoms with Gasteiger partial charge in [0.15, 0.2) is 0 Å². The maximum absolute atomic E-state index is 13.9. The van der Waals surface area contributed by atoms with Crippen LogP contribution in [0, 0.1) is 12.7 Å². The van der Waals surface area contributed by atoms with Gasteiger partial charge in [-0.2, -0.15) is 0 Å². The number of rotatable bonds is 3. The molecule has 2 atom stereocenters. The van der Waals surface area contributed by atoms with E-state index in [2.05, 4.69) is 43.4 Å². The quantitative estimate of drug-likeness (QED) is 0.854. The average molecular weight is 301 g/mol. The first-order chi connectivity index (χ1) is 10.1. The number of benzene rings is 2. The van der Waals surface area contributed by atoms with Gasteiger partial charge in [0.2, 0.25) is 0 Å². The highest BCUT2D eigenvalue weighted by molar-refractivity contribution is 7.99. The number of halogens is 1. The summed E-state index contributed by atoms with van der Waals surface area (Å²) in [5, 5.41) is 3.66. The third-order valence-electron chi connectivity index (χ3n) is 4.05. The van der Waals surface area contributed by atoms with Crippen LogP contribution in [0.5, 0.6) is 0 Å². The molecule has 0 aliphatic carbocycles. The van der Waals surface area contributed by atoms with E-state index < -0.39 is 0 Å². The van der Waals surface area contributed by atoms with Crippen LogP contribution in [0.2, 0.25) is 0 Å². The first-order valence-electron chi connectivity index (χ1n) is 7.39. The van der Waals surface area contributed by atoms with E-state index in [1.807, 2.05) is 12.1 Å². The van der Waals surface area contributed by atoms with Gasteiger partial charge in [-0.15, -0.1) is 11.8 Å². The van der Waals surface area contributed by atoms with Crippen LogP contribution in [0.25, 0.3) is 0 Å². The van der Waals surface area contributed by atoms with Crippen molar-refractivity contribution in [3.05, 3.63) is 65.0 Å². The summed E-state index contributed by atoms with van der Waals surface area (Å²) in [5.74, 6) is 0.874. The Bertz CT molecular complexity index is 624. The van der Waals surface area contributed by atoms with Crippen LogP contribution in [0.4, 0.5) is 4.39 Å². The van der Waals surface area contributed by atoms with Crippen LogP contribution in [-0.4, -0.2) is 5.75 Å². The van der Waals surface area contributed by atoms with Crippen molar-refractivity contribution in [2.24, 2.45) is 0 Å². The lowest BCUT2D eigenvalue weighted by molar-refractivity contribution is 0.444. The number of hydrogen-bond acceptors (Lipinski definition) is 2. The molecule has 0 amide bonds. The third-order valence-corrected chi connectivity index (χ3v) is 5.21. The lowest BCUT2D eigenvalue weighted by Gasteiger charge is -2.29. The molecule has 110 valence electrons. The van der Waals surface area contributed by atoms with Crippen molar-refractivity contribution >= 4 is 11.8 Å². The summed E-state index contributed by atoms with van der Waals surface area (Å²) in [6.07, 6.45) is 1.04. The normalized spacial score (nSPS) is 19.1.